The molecule has 0 saturated carbocycles. The Kier molecular flexibility index (Phi) is 4.47. The number of pyridine rings is 1. The molecule has 25 heavy (non-hydrogen) atoms. The zero-order chi connectivity index (χ0) is 18.2. The molecule has 3 heterocycles. The zero-order valence-electron chi connectivity index (χ0n) is 14.9. The van der Waals surface area contributed by atoms with Gasteiger partial charge in [0.05, 0.1) is 13.2 Å². The van der Waals surface area contributed by atoms with E-state index in [4.69, 9.17) is 4.74 Å². The molecular formula is C17H23N5O3. The first kappa shape index (κ1) is 17.3. The maximum Gasteiger partial charge on any atom is 0.260 e. The molecule has 1 amide bonds. The number of nitrogens with one attached hydrogen (secondary N) is 2. The maximum absolute atomic E-state index is 12.7. The Morgan fingerprint density at radius 3 is 2.76 bits per heavy atom. The van der Waals surface area contributed by atoms with Gasteiger partial charge < -0.3 is 14.6 Å². The predicted octanol–water partition coefficient (Wildman–Crippen LogP) is 1.31. The van der Waals surface area contributed by atoms with Gasteiger partial charge in [-0.3, -0.25) is 14.7 Å². The molecule has 0 aromatic carbocycles. The molecular weight excluding hydrogens is 322 g/mol. The van der Waals surface area contributed by atoms with E-state index in [-0.39, 0.29) is 28.5 Å². The summed E-state index contributed by atoms with van der Waals surface area (Å²) in [6, 6.07) is 3.28. The summed E-state index contributed by atoms with van der Waals surface area (Å²) in [5, 5.41) is 7.15. The van der Waals surface area contributed by atoms with Crippen LogP contribution in [-0.4, -0.2) is 50.7 Å². The standard InChI is InChI=1S/C17H23N5O3/c1-10-5-6-11(14(23)18-10)15(24)22-7-8-25-12(9-22)13-19-16(21-20-13)17(2,3)4/h5-6,12H,7-9H2,1-4H3,(H,18,23)(H,19,20,21)/t12-/m0/s1. The summed E-state index contributed by atoms with van der Waals surface area (Å²) in [6.45, 7) is 9.00. The molecule has 3 rings (SSSR count). The van der Waals surface area contributed by atoms with E-state index in [2.05, 4.69) is 20.2 Å². The molecule has 2 N–H and O–H groups in total. The Bertz CT molecular complexity index is 833. The van der Waals surface area contributed by atoms with E-state index >= 15 is 0 Å². The number of hydrogen-bond acceptors (Lipinski definition) is 5. The summed E-state index contributed by atoms with van der Waals surface area (Å²) < 4.78 is 5.74. The van der Waals surface area contributed by atoms with E-state index in [0.717, 1.165) is 5.69 Å². The van der Waals surface area contributed by atoms with Gasteiger partial charge in [0.25, 0.3) is 11.5 Å². The first-order chi connectivity index (χ1) is 11.8. The lowest BCUT2D eigenvalue weighted by Crippen LogP contribution is -2.44. The number of carbonyl (C=O) groups excluding carboxylic acids is 1. The second kappa shape index (κ2) is 6.44. The van der Waals surface area contributed by atoms with Crippen LogP contribution in [0.3, 0.4) is 0 Å². The smallest absolute Gasteiger partial charge is 0.260 e. The van der Waals surface area contributed by atoms with Crippen LogP contribution in [-0.2, 0) is 10.2 Å². The van der Waals surface area contributed by atoms with E-state index < -0.39 is 0 Å². The first-order valence-electron chi connectivity index (χ1n) is 8.29. The van der Waals surface area contributed by atoms with Crippen molar-refractivity contribution in [1.82, 2.24) is 25.1 Å². The number of nitrogens with zero attached hydrogens (tertiary/aromatic N) is 3. The normalized spacial score (nSPS) is 18.4. The van der Waals surface area contributed by atoms with E-state index in [1.54, 1.807) is 24.0 Å². The number of aryl methyl sites for hydroxylation is 1. The highest BCUT2D eigenvalue weighted by Gasteiger charge is 2.30. The number of H-pyrrole nitrogens is 2. The number of hydrogen-bond donors (Lipinski definition) is 2. The van der Waals surface area contributed by atoms with Crippen LogP contribution in [0.5, 0.6) is 0 Å². The molecule has 0 aliphatic carbocycles. The van der Waals surface area contributed by atoms with Crippen molar-refractivity contribution in [3.63, 3.8) is 0 Å². The van der Waals surface area contributed by atoms with Crippen molar-refractivity contribution in [1.29, 1.82) is 0 Å². The summed E-state index contributed by atoms with van der Waals surface area (Å²) in [5.41, 5.74) is 0.313. The van der Waals surface area contributed by atoms with Crippen LogP contribution in [0.1, 0.15) is 54.6 Å². The minimum Gasteiger partial charge on any atom is -0.367 e. The molecule has 2 aromatic heterocycles. The highest BCUT2D eigenvalue weighted by Crippen LogP contribution is 2.23. The Balaban J connectivity index is 1.78. The molecule has 8 nitrogen and oxygen atoms in total. The third-order valence-electron chi connectivity index (χ3n) is 4.12. The molecule has 1 saturated heterocycles. The van der Waals surface area contributed by atoms with E-state index in [9.17, 15) is 9.59 Å². The van der Waals surface area contributed by atoms with Crippen molar-refractivity contribution in [2.75, 3.05) is 19.7 Å². The third kappa shape index (κ3) is 3.63. The lowest BCUT2D eigenvalue weighted by molar-refractivity contribution is -0.0267. The summed E-state index contributed by atoms with van der Waals surface area (Å²) in [7, 11) is 0. The number of ether oxygens (including phenoxy) is 1. The van der Waals surface area contributed by atoms with E-state index in [1.165, 1.54) is 0 Å². The fourth-order valence-corrected chi connectivity index (χ4v) is 2.66. The second-order valence-corrected chi connectivity index (χ2v) is 7.29. The maximum atomic E-state index is 12.7. The van der Waals surface area contributed by atoms with Crippen LogP contribution in [0.4, 0.5) is 0 Å². The quantitative estimate of drug-likeness (QED) is 0.854. The molecule has 0 spiro atoms. The van der Waals surface area contributed by atoms with Gasteiger partial charge in [0, 0.05) is 17.7 Å². The molecule has 0 unspecified atom stereocenters. The average molecular weight is 345 g/mol. The van der Waals surface area contributed by atoms with Crippen molar-refractivity contribution in [3.8, 4) is 0 Å². The van der Waals surface area contributed by atoms with Crippen molar-refractivity contribution in [3.05, 3.63) is 45.4 Å². The van der Waals surface area contributed by atoms with Gasteiger partial charge in [0.2, 0.25) is 0 Å². The van der Waals surface area contributed by atoms with Gasteiger partial charge >= 0.3 is 0 Å². The Morgan fingerprint density at radius 2 is 2.12 bits per heavy atom. The molecule has 8 heteroatoms. The van der Waals surface area contributed by atoms with Crippen LogP contribution in [0, 0.1) is 6.92 Å². The Morgan fingerprint density at radius 1 is 1.36 bits per heavy atom. The van der Waals surface area contributed by atoms with Gasteiger partial charge in [-0.05, 0) is 19.1 Å². The highest BCUT2D eigenvalue weighted by molar-refractivity contribution is 5.93. The number of carbonyl (C=O) groups is 1. The van der Waals surface area contributed by atoms with Gasteiger partial charge in [-0.15, -0.1) is 0 Å². The molecule has 1 aliphatic heterocycles. The van der Waals surface area contributed by atoms with Gasteiger partial charge in [-0.2, -0.15) is 5.10 Å². The highest BCUT2D eigenvalue weighted by atomic mass is 16.5. The summed E-state index contributed by atoms with van der Waals surface area (Å²) in [6.07, 6.45) is -0.383. The molecule has 0 bridgehead atoms. The van der Waals surface area contributed by atoms with Crippen molar-refractivity contribution >= 4 is 5.91 Å². The SMILES string of the molecule is Cc1ccc(C(=O)N2CCO[C@H](c3nc(C(C)(C)C)n[nH]3)C2)c(=O)[nH]1. The fourth-order valence-electron chi connectivity index (χ4n) is 2.66. The Labute approximate surface area is 145 Å². The van der Waals surface area contributed by atoms with Gasteiger partial charge in [0.1, 0.15) is 11.7 Å². The summed E-state index contributed by atoms with van der Waals surface area (Å²) in [4.78, 5) is 33.5. The van der Waals surface area contributed by atoms with Crippen LogP contribution in [0.25, 0.3) is 0 Å². The lowest BCUT2D eigenvalue weighted by Gasteiger charge is -2.31. The molecule has 1 fully saturated rings. The number of aromatic amines is 2. The van der Waals surface area contributed by atoms with Crippen molar-refractivity contribution in [2.45, 2.75) is 39.2 Å². The summed E-state index contributed by atoms with van der Waals surface area (Å²) in [5.74, 6) is 0.995. The van der Waals surface area contributed by atoms with Gasteiger partial charge in [0.15, 0.2) is 11.6 Å². The van der Waals surface area contributed by atoms with Gasteiger partial charge in [-0.1, -0.05) is 20.8 Å². The minimum atomic E-state index is -0.383. The van der Waals surface area contributed by atoms with Crippen LogP contribution in [0.2, 0.25) is 0 Å². The lowest BCUT2D eigenvalue weighted by atomic mass is 9.96. The minimum absolute atomic E-state index is 0.138. The summed E-state index contributed by atoms with van der Waals surface area (Å²) >= 11 is 0. The zero-order valence-corrected chi connectivity index (χ0v) is 14.9. The third-order valence-corrected chi connectivity index (χ3v) is 4.12. The van der Waals surface area contributed by atoms with Gasteiger partial charge in [-0.25, -0.2) is 4.98 Å². The molecule has 0 radical (unpaired) electrons. The fraction of sp³-hybridized carbons (Fsp3) is 0.529. The first-order valence-corrected chi connectivity index (χ1v) is 8.29. The van der Waals surface area contributed by atoms with Crippen LogP contribution >= 0.6 is 0 Å². The predicted molar refractivity (Wildman–Crippen MR) is 91.5 cm³/mol. The van der Waals surface area contributed by atoms with Crippen LogP contribution in [0.15, 0.2) is 16.9 Å². The van der Waals surface area contributed by atoms with Crippen molar-refractivity contribution < 1.29 is 9.53 Å². The number of amides is 1. The number of morpholine rings is 1. The Hall–Kier alpha value is -2.48. The monoisotopic (exact) mass is 345 g/mol. The molecule has 134 valence electrons. The average Bonchev–Trinajstić information content (AvgIpc) is 3.05. The number of rotatable bonds is 2. The van der Waals surface area contributed by atoms with Crippen molar-refractivity contribution in [2.24, 2.45) is 0 Å². The molecule has 1 atom stereocenters. The molecule has 2 aromatic rings. The molecule has 1 aliphatic rings. The topological polar surface area (TPSA) is 104 Å². The second-order valence-electron chi connectivity index (χ2n) is 7.29. The van der Waals surface area contributed by atoms with Crippen LogP contribution < -0.4 is 5.56 Å². The largest absolute Gasteiger partial charge is 0.367 e. The van der Waals surface area contributed by atoms with E-state index in [1.807, 2.05) is 20.8 Å². The number of aromatic nitrogens is 4. The van der Waals surface area contributed by atoms with E-state index in [0.29, 0.717) is 31.3 Å².